The number of nitrogens with zero attached hydrogens (tertiary/aromatic N) is 5. The average molecular weight is 395 g/mol. The minimum atomic E-state index is 0.138. The summed E-state index contributed by atoms with van der Waals surface area (Å²) in [5.74, 6) is 3.45. The maximum Gasteiger partial charge on any atom is 0.231 e. The van der Waals surface area contributed by atoms with Gasteiger partial charge in [-0.1, -0.05) is 6.07 Å². The molecule has 0 bridgehead atoms. The number of aromatic nitrogens is 2. The monoisotopic (exact) mass is 395 g/mol. The van der Waals surface area contributed by atoms with E-state index in [0.717, 1.165) is 54.9 Å². The third-order valence-electron chi connectivity index (χ3n) is 5.82. The second kappa shape index (κ2) is 7.77. The normalized spacial score (nSPS) is 18.4. The van der Waals surface area contributed by atoms with Gasteiger partial charge in [0.15, 0.2) is 23.1 Å². The Morgan fingerprint density at radius 2 is 1.48 bits per heavy atom. The first-order chi connectivity index (χ1) is 14.3. The fourth-order valence-corrected chi connectivity index (χ4v) is 4.12. The van der Waals surface area contributed by atoms with Crippen LogP contribution in [0.3, 0.4) is 0 Å². The summed E-state index contributed by atoms with van der Waals surface area (Å²) in [4.78, 5) is 19.1. The molecule has 8 nitrogen and oxygen atoms in total. The molecule has 1 aromatic heterocycles. The van der Waals surface area contributed by atoms with Crippen molar-refractivity contribution < 1.29 is 14.3 Å². The summed E-state index contributed by atoms with van der Waals surface area (Å²) in [5.41, 5.74) is 0.949. The van der Waals surface area contributed by atoms with Crippen molar-refractivity contribution in [2.24, 2.45) is 0 Å². The number of hydrogen-bond donors (Lipinski definition) is 0. The van der Waals surface area contributed by atoms with Gasteiger partial charge in [-0.25, -0.2) is 0 Å². The predicted octanol–water partition coefficient (Wildman–Crippen LogP) is 1.70. The number of benzene rings is 1. The average Bonchev–Trinajstić information content (AvgIpc) is 3.46. The lowest BCUT2D eigenvalue weighted by atomic mass is 10.1. The molecule has 0 spiro atoms. The van der Waals surface area contributed by atoms with Crippen LogP contribution < -0.4 is 19.3 Å². The largest absolute Gasteiger partial charge is 0.454 e. The Morgan fingerprint density at radius 3 is 2.17 bits per heavy atom. The van der Waals surface area contributed by atoms with E-state index in [4.69, 9.17) is 9.47 Å². The Kier molecular flexibility index (Phi) is 4.83. The molecule has 0 aliphatic carbocycles. The fraction of sp³-hybridized carbons (Fsp3) is 0.476. The number of hydrogen-bond acceptors (Lipinski definition) is 7. The highest BCUT2D eigenvalue weighted by atomic mass is 16.7. The van der Waals surface area contributed by atoms with Crippen molar-refractivity contribution in [1.82, 2.24) is 15.1 Å². The molecule has 3 aliphatic rings. The molecule has 29 heavy (non-hydrogen) atoms. The van der Waals surface area contributed by atoms with Crippen molar-refractivity contribution in [1.29, 1.82) is 0 Å². The van der Waals surface area contributed by atoms with Crippen molar-refractivity contribution in [2.75, 3.05) is 55.9 Å². The van der Waals surface area contributed by atoms with Crippen LogP contribution in [0.25, 0.3) is 0 Å². The Morgan fingerprint density at radius 1 is 0.828 bits per heavy atom. The van der Waals surface area contributed by atoms with Crippen LogP contribution in [0.5, 0.6) is 11.5 Å². The number of piperazine rings is 1. The Hall–Kier alpha value is -3.03. The SMILES string of the molecule is O=C(Cc1ccc2c(c1)OCO2)N1CCN(c2ccc(N3CCCC3)nn2)CC1. The van der Waals surface area contributed by atoms with Crippen molar-refractivity contribution in [3.05, 3.63) is 35.9 Å². The van der Waals surface area contributed by atoms with E-state index in [2.05, 4.69) is 26.1 Å². The van der Waals surface area contributed by atoms with Gasteiger partial charge in [0.25, 0.3) is 0 Å². The minimum Gasteiger partial charge on any atom is -0.454 e. The lowest BCUT2D eigenvalue weighted by Crippen LogP contribution is -2.49. The van der Waals surface area contributed by atoms with Crippen LogP contribution in [0.2, 0.25) is 0 Å². The summed E-state index contributed by atoms with van der Waals surface area (Å²) in [5, 5.41) is 8.83. The second-order valence-corrected chi connectivity index (χ2v) is 7.68. The van der Waals surface area contributed by atoms with Crippen LogP contribution in [0.1, 0.15) is 18.4 Å². The number of rotatable bonds is 4. The van der Waals surface area contributed by atoms with Crippen LogP contribution in [0.4, 0.5) is 11.6 Å². The second-order valence-electron chi connectivity index (χ2n) is 7.68. The summed E-state index contributed by atoms with van der Waals surface area (Å²) < 4.78 is 10.7. The van der Waals surface area contributed by atoms with Gasteiger partial charge >= 0.3 is 0 Å². The number of fused-ring (bicyclic) bond motifs is 1. The molecule has 2 aromatic rings. The molecule has 0 N–H and O–H groups in total. The van der Waals surface area contributed by atoms with Crippen molar-refractivity contribution in [3.63, 3.8) is 0 Å². The molecule has 5 rings (SSSR count). The van der Waals surface area contributed by atoms with Gasteiger partial charge in [0.05, 0.1) is 6.42 Å². The van der Waals surface area contributed by atoms with Gasteiger partial charge < -0.3 is 24.2 Å². The lowest BCUT2D eigenvalue weighted by molar-refractivity contribution is -0.130. The zero-order valence-corrected chi connectivity index (χ0v) is 16.4. The summed E-state index contributed by atoms with van der Waals surface area (Å²) in [7, 11) is 0. The Labute approximate surface area is 170 Å². The topological polar surface area (TPSA) is 71.0 Å². The number of carbonyl (C=O) groups is 1. The molecule has 0 saturated carbocycles. The van der Waals surface area contributed by atoms with E-state index >= 15 is 0 Å². The molecular formula is C21H25N5O3. The van der Waals surface area contributed by atoms with E-state index in [9.17, 15) is 4.79 Å². The van der Waals surface area contributed by atoms with E-state index in [1.54, 1.807) is 0 Å². The van der Waals surface area contributed by atoms with Gasteiger partial charge in [-0.2, -0.15) is 0 Å². The maximum absolute atomic E-state index is 12.7. The molecule has 4 heterocycles. The molecular weight excluding hydrogens is 370 g/mol. The molecule has 0 radical (unpaired) electrons. The third-order valence-corrected chi connectivity index (χ3v) is 5.82. The molecule has 3 aliphatic heterocycles. The molecule has 2 saturated heterocycles. The van der Waals surface area contributed by atoms with Crippen LogP contribution >= 0.6 is 0 Å². The van der Waals surface area contributed by atoms with E-state index in [-0.39, 0.29) is 12.7 Å². The smallest absolute Gasteiger partial charge is 0.231 e. The number of carbonyl (C=O) groups excluding carboxylic acids is 1. The van der Waals surface area contributed by atoms with Crippen LogP contribution in [-0.4, -0.2) is 67.1 Å². The van der Waals surface area contributed by atoms with Gasteiger partial charge in [-0.3, -0.25) is 4.79 Å². The summed E-state index contributed by atoms with van der Waals surface area (Å²) >= 11 is 0. The van der Waals surface area contributed by atoms with E-state index in [0.29, 0.717) is 19.5 Å². The Balaban J connectivity index is 1.15. The first-order valence-electron chi connectivity index (χ1n) is 10.3. The first-order valence-corrected chi connectivity index (χ1v) is 10.3. The molecule has 2 fully saturated rings. The number of anilines is 2. The zero-order valence-electron chi connectivity index (χ0n) is 16.4. The number of amides is 1. The minimum absolute atomic E-state index is 0.138. The molecule has 152 valence electrons. The van der Waals surface area contributed by atoms with Crippen LogP contribution in [0, 0.1) is 0 Å². The van der Waals surface area contributed by atoms with Crippen LogP contribution in [0.15, 0.2) is 30.3 Å². The fourth-order valence-electron chi connectivity index (χ4n) is 4.12. The van der Waals surface area contributed by atoms with E-state index in [1.165, 1.54) is 12.8 Å². The molecule has 1 aromatic carbocycles. The van der Waals surface area contributed by atoms with Crippen molar-refractivity contribution in [2.45, 2.75) is 19.3 Å². The highest BCUT2D eigenvalue weighted by Gasteiger charge is 2.23. The van der Waals surface area contributed by atoms with E-state index < -0.39 is 0 Å². The maximum atomic E-state index is 12.7. The van der Waals surface area contributed by atoms with Gasteiger partial charge in [-0.05, 0) is 42.7 Å². The predicted molar refractivity (Wildman–Crippen MR) is 109 cm³/mol. The van der Waals surface area contributed by atoms with E-state index in [1.807, 2.05) is 29.2 Å². The quantitative estimate of drug-likeness (QED) is 0.780. The highest BCUT2D eigenvalue weighted by Crippen LogP contribution is 2.32. The molecule has 0 atom stereocenters. The highest BCUT2D eigenvalue weighted by molar-refractivity contribution is 5.79. The van der Waals surface area contributed by atoms with Crippen LogP contribution in [-0.2, 0) is 11.2 Å². The van der Waals surface area contributed by atoms with Gasteiger partial charge in [-0.15, -0.1) is 10.2 Å². The summed E-state index contributed by atoms with van der Waals surface area (Å²) in [6, 6.07) is 9.80. The first kappa shape index (κ1) is 18.0. The van der Waals surface area contributed by atoms with Gasteiger partial charge in [0.1, 0.15) is 0 Å². The molecule has 0 unspecified atom stereocenters. The Bertz CT molecular complexity index is 874. The molecule has 8 heteroatoms. The number of ether oxygens (including phenoxy) is 2. The summed E-state index contributed by atoms with van der Waals surface area (Å²) in [6.07, 6.45) is 2.83. The zero-order chi connectivity index (χ0) is 19.6. The van der Waals surface area contributed by atoms with Crippen molar-refractivity contribution in [3.8, 4) is 11.5 Å². The molecule has 1 amide bonds. The van der Waals surface area contributed by atoms with Crippen molar-refractivity contribution >= 4 is 17.5 Å². The van der Waals surface area contributed by atoms with Gasteiger partial charge in [0.2, 0.25) is 12.7 Å². The summed E-state index contributed by atoms with van der Waals surface area (Å²) in [6.45, 7) is 5.31. The third kappa shape index (κ3) is 3.79. The lowest BCUT2D eigenvalue weighted by Gasteiger charge is -2.35. The standard InChI is InChI=1S/C21H25N5O3/c27-21(14-16-3-4-17-18(13-16)29-15-28-17)26-11-9-25(10-12-26)20-6-5-19(22-23-20)24-7-1-2-8-24/h3-6,13H,1-2,7-12,14-15H2. The van der Waals surface area contributed by atoms with Gasteiger partial charge in [0, 0.05) is 39.3 Å².